The molecule has 3 aromatic rings. The lowest BCUT2D eigenvalue weighted by Crippen LogP contribution is -2.21. The standard InChI is InChI=1S/C12H5F3N4O2S/c13-12(14,15)9(20)7-1-2-8(22-7)11-18-10(19-21-11)6-5-16-3-4-17-6/h1-5H. The molecule has 112 valence electrons. The summed E-state index contributed by atoms with van der Waals surface area (Å²) in [5, 5.41) is 3.68. The van der Waals surface area contributed by atoms with Gasteiger partial charge in [-0.05, 0) is 12.1 Å². The number of Topliss-reactive ketones (excluding diaryl/α,β-unsaturated/α-hetero) is 1. The van der Waals surface area contributed by atoms with Crippen LogP contribution in [0.1, 0.15) is 9.67 Å². The topological polar surface area (TPSA) is 81.8 Å². The molecule has 3 heterocycles. The molecule has 6 nitrogen and oxygen atoms in total. The first-order valence-corrected chi connectivity index (χ1v) is 6.58. The Bertz CT molecular complexity index is 813. The van der Waals surface area contributed by atoms with Crippen LogP contribution in [0.2, 0.25) is 0 Å². The first-order chi connectivity index (χ1) is 10.4. The van der Waals surface area contributed by atoms with Crippen molar-refractivity contribution in [2.24, 2.45) is 0 Å². The average Bonchev–Trinajstić information content (AvgIpc) is 3.15. The third-order valence-electron chi connectivity index (χ3n) is 2.52. The minimum absolute atomic E-state index is 0.00637. The molecule has 0 radical (unpaired) electrons. The lowest BCUT2D eigenvalue weighted by atomic mass is 10.3. The minimum atomic E-state index is -4.91. The molecule has 0 N–H and O–H groups in total. The van der Waals surface area contributed by atoms with Crippen LogP contribution in [0, 0.1) is 0 Å². The van der Waals surface area contributed by atoms with Crippen molar-refractivity contribution in [2.75, 3.05) is 0 Å². The van der Waals surface area contributed by atoms with E-state index < -0.39 is 16.8 Å². The second-order valence-electron chi connectivity index (χ2n) is 4.00. The van der Waals surface area contributed by atoms with Crippen LogP contribution in [-0.4, -0.2) is 32.1 Å². The number of carbonyl (C=O) groups is 1. The van der Waals surface area contributed by atoms with E-state index in [1.807, 2.05) is 0 Å². The Hall–Kier alpha value is -2.62. The van der Waals surface area contributed by atoms with Gasteiger partial charge in [-0.1, -0.05) is 5.16 Å². The van der Waals surface area contributed by atoms with Gasteiger partial charge in [-0.15, -0.1) is 11.3 Å². The minimum Gasteiger partial charge on any atom is -0.333 e. The molecule has 0 saturated carbocycles. The van der Waals surface area contributed by atoms with Crippen molar-refractivity contribution in [3.8, 4) is 22.3 Å². The third-order valence-corrected chi connectivity index (χ3v) is 3.59. The van der Waals surface area contributed by atoms with Crippen molar-refractivity contribution in [1.29, 1.82) is 0 Å². The smallest absolute Gasteiger partial charge is 0.333 e. The molecule has 0 aliphatic heterocycles. The number of alkyl halides is 3. The van der Waals surface area contributed by atoms with Gasteiger partial charge in [0.15, 0.2) is 0 Å². The van der Waals surface area contributed by atoms with Crippen LogP contribution in [0.5, 0.6) is 0 Å². The Morgan fingerprint density at radius 1 is 1.23 bits per heavy atom. The molecule has 22 heavy (non-hydrogen) atoms. The first kappa shape index (κ1) is 14.3. The highest BCUT2D eigenvalue weighted by atomic mass is 32.1. The molecule has 0 fully saturated rings. The summed E-state index contributed by atoms with van der Waals surface area (Å²) in [6, 6.07) is 2.39. The van der Waals surface area contributed by atoms with Gasteiger partial charge >= 0.3 is 6.18 Å². The molecule has 0 aromatic carbocycles. The quantitative estimate of drug-likeness (QED) is 0.688. The van der Waals surface area contributed by atoms with Crippen LogP contribution < -0.4 is 0 Å². The molecule has 3 aromatic heterocycles. The van der Waals surface area contributed by atoms with Crippen LogP contribution in [-0.2, 0) is 0 Å². The zero-order valence-corrected chi connectivity index (χ0v) is 11.4. The molecule has 0 amide bonds. The van der Waals surface area contributed by atoms with Crippen molar-refractivity contribution in [2.45, 2.75) is 6.18 Å². The number of nitrogens with zero attached hydrogens (tertiary/aromatic N) is 4. The van der Waals surface area contributed by atoms with Crippen molar-refractivity contribution in [1.82, 2.24) is 20.1 Å². The zero-order chi connectivity index (χ0) is 15.7. The average molecular weight is 326 g/mol. The van der Waals surface area contributed by atoms with Crippen LogP contribution in [0.15, 0.2) is 35.2 Å². The summed E-state index contributed by atoms with van der Waals surface area (Å²) in [5.74, 6) is -1.75. The maximum Gasteiger partial charge on any atom is 0.455 e. The van der Waals surface area contributed by atoms with Gasteiger partial charge in [0.25, 0.3) is 11.7 Å². The van der Waals surface area contributed by atoms with Gasteiger partial charge < -0.3 is 4.52 Å². The second kappa shape index (κ2) is 5.30. The SMILES string of the molecule is O=C(c1ccc(-c2nc(-c3cnccn3)no2)s1)C(F)(F)F. The molecule has 0 saturated heterocycles. The molecular formula is C12H5F3N4O2S. The Balaban J connectivity index is 1.89. The van der Waals surface area contributed by atoms with E-state index in [0.717, 1.165) is 6.07 Å². The number of hydrogen-bond acceptors (Lipinski definition) is 7. The summed E-state index contributed by atoms with van der Waals surface area (Å²) in [5.41, 5.74) is 0.362. The Labute approximate surface area is 124 Å². The number of ketones is 1. The van der Waals surface area contributed by atoms with Gasteiger partial charge in [0.2, 0.25) is 5.82 Å². The van der Waals surface area contributed by atoms with E-state index in [2.05, 4.69) is 20.1 Å². The summed E-state index contributed by atoms with van der Waals surface area (Å²) in [7, 11) is 0. The highest BCUT2D eigenvalue weighted by Gasteiger charge is 2.40. The molecule has 0 bridgehead atoms. The molecule has 0 aliphatic carbocycles. The Kier molecular flexibility index (Phi) is 3.45. The van der Waals surface area contributed by atoms with Gasteiger partial charge in [0.05, 0.1) is 16.0 Å². The maximum atomic E-state index is 12.4. The van der Waals surface area contributed by atoms with Crippen molar-refractivity contribution < 1.29 is 22.5 Å². The van der Waals surface area contributed by atoms with Gasteiger partial charge in [-0.3, -0.25) is 9.78 Å². The number of aromatic nitrogens is 4. The van der Waals surface area contributed by atoms with E-state index in [1.54, 1.807) is 0 Å². The van der Waals surface area contributed by atoms with Gasteiger partial charge in [-0.2, -0.15) is 18.2 Å². The van der Waals surface area contributed by atoms with E-state index in [-0.39, 0.29) is 16.6 Å². The molecule has 10 heteroatoms. The van der Waals surface area contributed by atoms with E-state index in [1.165, 1.54) is 24.7 Å². The maximum absolute atomic E-state index is 12.4. The summed E-state index contributed by atoms with van der Waals surface area (Å²) < 4.78 is 42.1. The number of halogens is 3. The summed E-state index contributed by atoms with van der Waals surface area (Å²) in [6.45, 7) is 0. The number of hydrogen-bond donors (Lipinski definition) is 0. The first-order valence-electron chi connectivity index (χ1n) is 5.77. The molecule has 0 spiro atoms. The molecule has 3 rings (SSSR count). The third kappa shape index (κ3) is 2.72. The van der Waals surface area contributed by atoms with Crippen LogP contribution in [0.25, 0.3) is 22.3 Å². The fraction of sp³-hybridized carbons (Fsp3) is 0.0833. The van der Waals surface area contributed by atoms with Crippen LogP contribution in [0.4, 0.5) is 13.2 Å². The number of thiophene rings is 1. The van der Waals surface area contributed by atoms with Crippen molar-refractivity contribution >= 4 is 17.1 Å². The summed E-state index contributed by atoms with van der Waals surface area (Å²) >= 11 is 0.628. The van der Waals surface area contributed by atoms with Gasteiger partial charge in [-0.25, -0.2) is 4.98 Å². The highest BCUT2D eigenvalue weighted by molar-refractivity contribution is 7.17. The van der Waals surface area contributed by atoms with Gasteiger partial charge in [0.1, 0.15) is 5.69 Å². The summed E-state index contributed by atoms with van der Waals surface area (Å²) in [6.07, 6.45) is -0.585. The molecule has 0 atom stereocenters. The van der Waals surface area contributed by atoms with Crippen molar-refractivity contribution in [3.63, 3.8) is 0 Å². The molecular weight excluding hydrogens is 321 g/mol. The largest absolute Gasteiger partial charge is 0.455 e. The molecule has 0 unspecified atom stereocenters. The fourth-order valence-electron chi connectivity index (χ4n) is 1.56. The summed E-state index contributed by atoms with van der Waals surface area (Å²) in [4.78, 5) is 22.8. The van der Waals surface area contributed by atoms with Gasteiger partial charge in [0, 0.05) is 12.4 Å². The van der Waals surface area contributed by atoms with Crippen LogP contribution in [0.3, 0.4) is 0 Å². The predicted octanol–water partition coefficient (Wildman–Crippen LogP) is 3.00. The van der Waals surface area contributed by atoms with E-state index in [9.17, 15) is 18.0 Å². The van der Waals surface area contributed by atoms with Crippen molar-refractivity contribution in [3.05, 3.63) is 35.6 Å². The number of rotatable bonds is 3. The Morgan fingerprint density at radius 2 is 2.05 bits per heavy atom. The lowest BCUT2D eigenvalue weighted by molar-refractivity contribution is -0.0882. The van der Waals surface area contributed by atoms with E-state index in [4.69, 9.17) is 4.52 Å². The second-order valence-corrected chi connectivity index (χ2v) is 5.09. The Morgan fingerprint density at radius 3 is 2.73 bits per heavy atom. The van der Waals surface area contributed by atoms with Crippen LogP contribution >= 0.6 is 11.3 Å². The normalized spacial score (nSPS) is 11.6. The number of carbonyl (C=O) groups excluding carboxylic acids is 1. The lowest BCUT2D eigenvalue weighted by Gasteiger charge is -2.00. The zero-order valence-electron chi connectivity index (χ0n) is 10.5. The fourth-order valence-corrected chi connectivity index (χ4v) is 2.44. The monoisotopic (exact) mass is 326 g/mol. The van der Waals surface area contributed by atoms with E-state index in [0.29, 0.717) is 17.0 Å². The predicted molar refractivity (Wildman–Crippen MR) is 69.0 cm³/mol. The molecule has 0 aliphatic rings. The highest BCUT2D eigenvalue weighted by Crippen LogP contribution is 2.31. The van der Waals surface area contributed by atoms with E-state index >= 15 is 0 Å².